The lowest BCUT2D eigenvalue weighted by molar-refractivity contribution is 1.23. The zero-order valence-corrected chi connectivity index (χ0v) is 11.5. The van der Waals surface area contributed by atoms with Gasteiger partial charge in [-0.3, -0.25) is 9.59 Å². The van der Waals surface area contributed by atoms with E-state index in [4.69, 9.17) is 0 Å². The van der Waals surface area contributed by atoms with E-state index in [0.717, 1.165) is 11.1 Å². The molecule has 0 bridgehead atoms. The van der Waals surface area contributed by atoms with Gasteiger partial charge in [0.2, 0.25) is 0 Å². The average Bonchev–Trinajstić information content (AvgIpc) is 3.09. The van der Waals surface area contributed by atoms with Crippen LogP contribution in [0.5, 0.6) is 0 Å². The molecule has 0 saturated heterocycles. The molecule has 0 saturated carbocycles. The number of rotatable bonds is 2. The number of aromatic nitrogens is 2. The van der Waals surface area contributed by atoms with Gasteiger partial charge in [-0.15, -0.1) is 0 Å². The predicted molar refractivity (Wildman–Crippen MR) is 83.1 cm³/mol. The van der Waals surface area contributed by atoms with Crippen LogP contribution < -0.4 is 11.1 Å². The number of benzene rings is 2. The molecule has 0 N–H and O–H groups in total. The molecule has 0 atom stereocenters. The van der Waals surface area contributed by atoms with Gasteiger partial charge in [-0.2, -0.15) is 0 Å². The van der Waals surface area contributed by atoms with Gasteiger partial charge in [0.15, 0.2) is 0 Å². The van der Waals surface area contributed by atoms with Gasteiger partial charge in [0.25, 0.3) is 11.1 Å². The summed E-state index contributed by atoms with van der Waals surface area (Å²) in [6.45, 7) is 0. The van der Waals surface area contributed by atoms with Crippen LogP contribution in [0.15, 0.2) is 70.3 Å². The van der Waals surface area contributed by atoms with Gasteiger partial charge in [0, 0.05) is 11.1 Å². The van der Waals surface area contributed by atoms with Crippen molar-refractivity contribution in [2.45, 2.75) is 0 Å². The van der Waals surface area contributed by atoms with Gasteiger partial charge in [0.1, 0.15) is 0 Å². The normalized spacial score (nSPS) is 11.1. The Morgan fingerprint density at radius 2 is 0.909 bits per heavy atom. The first-order valence-electron chi connectivity index (χ1n) is 6.87. The molecule has 4 rings (SSSR count). The van der Waals surface area contributed by atoms with Gasteiger partial charge in [-0.05, 0) is 0 Å². The van der Waals surface area contributed by atoms with Crippen LogP contribution in [0.2, 0.25) is 0 Å². The number of hydrogen-bond donors (Lipinski definition) is 0. The lowest BCUT2D eigenvalue weighted by atomic mass is 10.1. The maximum Gasteiger partial charge on any atom is 0.280 e. The monoisotopic (exact) mass is 286 g/mol. The van der Waals surface area contributed by atoms with Crippen molar-refractivity contribution >= 4 is 0 Å². The summed E-state index contributed by atoms with van der Waals surface area (Å²) in [6.07, 6.45) is 0. The zero-order valence-electron chi connectivity index (χ0n) is 11.5. The molecular weight excluding hydrogens is 276 g/mol. The first-order valence-corrected chi connectivity index (χ1v) is 6.87. The van der Waals surface area contributed by atoms with Crippen LogP contribution in [-0.2, 0) is 0 Å². The molecule has 0 fully saturated rings. The highest BCUT2D eigenvalue weighted by Crippen LogP contribution is 2.21. The van der Waals surface area contributed by atoms with Crippen LogP contribution in [0.3, 0.4) is 0 Å². The Kier molecular flexibility index (Phi) is 2.69. The summed E-state index contributed by atoms with van der Waals surface area (Å²) in [6, 6.07) is 18.4. The SMILES string of the molecule is O=c1nc(-c2ccccc2)c2c(=O)nc(-c3ccccc3)c1=2. The highest BCUT2D eigenvalue weighted by atomic mass is 16.1. The zero-order chi connectivity index (χ0) is 15.1. The molecule has 22 heavy (non-hydrogen) atoms. The third kappa shape index (κ3) is 1.78. The van der Waals surface area contributed by atoms with E-state index in [2.05, 4.69) is 9.97 Å². The fourth-order valence-electron chi connectivity index (χ4n) is 2.69. The van der Waals surface area contributed by atoms with Gasteiger partial charge in [0.05, 0.1) is 21.8 Å². The first kappa shape index (κ1) is 12.6. The van der Waals surface area contributed by atoms with Crippen LogP contribution in [-0.4, -0.2) is 9.97 Å². The van der Waals surface area contributed by atoms with Crippen molar-refractivity contribution in [1.82, 2.24) is 9.97 Å². The Bertz CT molecular complexity index is 1010. The average molecular weight is 286 g/mol. The lowest BCUT2D eigenvalue weighted by Gasteiger charge is -1.94. The summed E-state index contributed by atoms with van der Waals surface area (Å²) in [7, 11) is 0. The van der Waals surface area contributed by atoms with E-state index in [1.54, 1.807) is 0 Å². The minimum absolute atomic E-state index is 0.315. The molecule has 0 unspecified atom stereocenters. The van der Waals surface area contributed by atoms with Crippen molar-refractivity contribution in [3.63, 3.8) is 0 Å². The fourth-order valence-corrected chi connectivity index (χ4v) is 2.69. The quantitative estimate of drug-likeness (QED) is 0.566. The Balaban J connectivity index is 2.12. The molecule has 0 aliphatic carbocycles. The van der Waals surface area contributed by atoms with Crippen molar-refractivity contribution in [2.75, 3.05) is 0 Å². The van der Waals surface area contributed by atoms with E-state index in [1.807, 2.05) is 60.7 Å². The second kappa shape index (κ2) is 4.70. The van der Waals surface area contributed by atoms with E-state index < -0.39 is 11.1 Å². The summed E-state index contributed by atoms with van der Waals surface area (Å²) in [5.41, 5.74) is 1.53. The fraction of sp³-hybridized carbons (Fsp3) is 0. The van der Waals surface area contributed by atoms with Crippen LogP contribution in [0.4, 0.5) is 0 Å². The van der Waals surface area contributed by atoms with Crippen LogP contribution >= 0.6 is 0 Å². The largest absolute Gasteiger partial charge is 0.280 e. The molecule has 0 radical (unpaired) electrons. The predicted octanol–water partition coefficient (Wildman–Crippen LogP) is 2.13. The number of hydrogen-bond acceptors (Lipinski definition) is 4. The smallest absolute Gasteiger partial charge is 0.267 e. The topological polar surface area (TPSA) is 59.9 Å². The minimum atomic E-state index is -0.401. The van der Waals surface area contributed by atoms with Crippen molar-refractivity contribution in [3.05, 3.63) is 91.8 Å². The summed E-state index contributed by atoms with van der Waals surface area (Å²) in [5.74, 6) is 0. The van der Waals surface area contributed by atoms with E-state index in [0.29, 0.717) is 21.8 Å². The molecule has 2 aliphatic rings. The first-order chi connectivity index (χ1) is 10.8. The van der Waals surface area contributed by atoms with Crippen LogP contribution in [0.1, 0.15) is 0 Å². The Morgan fingerprint density at radius 3 is 1.27 bits per heavy atom. The second-order valence-corrected chi connectivity index (χ2v) is 5.01. The Hall–Kier alpha value is -3.14. The third-order valence-electron chi connectivity index (χ3n) is 3.67. The summed E-state index contributed by atoms with van der Waals surface area (Å²) < 4.78 is 0. The summed E-state index contributed by atoms with van der Waals surface area (Å²) in [4.78, 5) is 32.7. The highest BCUT2D eigenvalue weighted by molar-refractivity contribution is 5.66. The highest BCUT2D eigenvalue weighted by Gasteiger charge is 2.18. The van der Waals surface area contributed by atoms with Crippen LogP contribution in [0, 0.1) is 10.4 Å². The van der Waals surface area contributed by atoms with Crippen molar-refractivity contribution in [3.8, 4) is 22.5 Å². The van der Waals surface area contributed by atoms with Gasteiger partial charge >= 0.3 is 0 Å². The Morgan fingerprint density at radius 1 is 0.545 bits per heavy atom. The molecule has 0 spiro atoms. The molecule has 0 amide bonds. The molecule has 4 nitrogen and oxygen atoms in total. The minimum Gasteiger partial charge on any atom is -0.267 e. The Labute approximate surface area is 125 Å². The third-order valence-corrected chi connectivity index (χ3v) is 3.67. The van der Waals surface area contributed by atoms with Crippen molar-refractivity contribution < 1.29 is 0 Å². The van der Waals surface area contributed by atoms with Crippen LogP contribution in [0.25, 0.3) is 22.5 Å². The molecule has 0 aromatic heterocycles. The van der Waals surface area contributed by atoms with E-state index >= 15 is 0 Å². The maximum absolute atomic E-state index is 12.3. The van der Waals surface area contributed by atoms with E-state index in [9.17, 15) is 9.59 Å². The van der Waals surface area contributed by atoms with Gasteiger partial charge in [-0.1, -0.05) is 60.7 Å². The van der Waals surface area contributed by atoms with E-state index in [1.165, 1.54) is 0 Å². The van der Waals surface area contributed by atoms with E-state index in [-0.39, 0.29) is 0 Å². The molecule has 2 aliphatic heterocycles. The second-order valence-electron chi connectivity index (χ2n) is 5.01. The molecule has 2 heterocycles. The number of nitrogens with zero attached hydrogens (tertiary/aromatic N) is 2. The molecular formula is C18H10N2O2. The summed E-state index contributed by atoms with van der Waals surface area (Å²) >= 11 is 0. The summed E-state index contributed by atoms with van der Waals surface area (Å²) in [5, 5.41) is 0.630. The molecule has 104 valence electrons. The molecule has 2 aromatic rings. The lowest BCUT2D eigenvalue weighted by Crippen LogP contribution is -2.04. The molecule has 2 aromatic carbocycles. The molecule has 4 heteroatoms. The van der Waals surface area contributed by atoms with Gasteiger partial charge in [-0.25, -0.2) is 9.97 Å². The standard InChI is InChI=1S/C18H10N2O2/c21-17-13-14(16(20-17)12-9-5-2-6-10-12)18(22)19-15(13)11-7-3-1-4-8-11/h1-10H. The van der Waals surface area contributed by atoms with Crippen molar-refractivity contribution in [1.29, 1.82) is 0 Å². The maximum atomic E-state index is 12.3. The van der Waals surface area contributed by atoms with Gasteiger partial charge < -0.3 is 0 Å². The van der Waals surface area contributed by atoms with Crippen molar-refractivity contribution in [2.24, 2.45) is 0 Å².